The normalized spacial score (nSPS) is 26.6. The number of allylic oxidation sites excluding steroid dienone is 1. The summed E-state index contributed by atoms with van der Waals surface area (Å²) >= 11 is 0. The maximum atomic E-state index is 14.5. The van der Waals surface area contributed by atoms with Crippen LogP contribution in [0.25, 0.3) is 17.5 Å². The summed E-state index contributed by atoms with van der Waals surface area (Å²) in [7, 11) is -2.57. The topological polar surface area (TPSA) is 216 Å². The second kappa shape index (κ2) is 12.9. The van der Waals surface area contributed by atoms with E-state index in [1.54, 1.807) is 52.2 Å². The fourth-order valence-corrected chi connectivity index (χ4v) is 7.99. The number of hydrogen-bond donors (Lipinski definition) is 3. The van der Waals surface area contributed by atoms with E-state index in [0.29, 0.717) is 29.7 Å². The molecule has 4 aliphatic rings. The predicted octanol–water partition coefficient (Wildman–Crippen LogP) is 1.72. The SMILES string of the molecule is COc1ccc2cc1/C=C/Cc1nnc(o1)N[C@@H](C(C)(C)C)C(=O)N1C[C@@H](C[C@H]1C(=O)N[C@]1(C(=O)NS(=O)(=O)C3CC3)C[C@H]1C(F)F)n1nnc-2n1. The first-order chi connectivity index (χ1) is 24.6. The Morgan fingerprint density at radius 2 is 1.94 bits per heavy atom. The zero-order valence-corrected chi connectivity index (χ0v) is 29.6. The number of nitrogens with zero attached hydrogens (tertiary/aromatic N) is 7. The van der Waals surface area contributed by atoms with E-state index in [0.717, 1.165) is 0 Å². The van der Waals surface area contributed by atoms with Crippen LogP contribution in [0.2, 0.25) is 0 Å². The van der Waals surface area contributed by atoms with Crippen molar-refractivity contribution in [3.05, 3.63) is 35.7 Å². The maximum Gasteiger partial charge on any atom is 0.316 e. The zero-order chi connectivity index (χ0) is 37.2. The molecule has 2 saturated carbocycles. The van der Waals surface area contributed by atoms with E-state index in [2.05, 4.69) is 36.2 Å². The minimum atomic E-state index is -4.11. The molecule has 3 aromatic rings. The van der Waals surface area contributed by atoms with Gasteiger partial charge in [0.15, 0.2) is 0 Å². The molecule has 8 bridgehead atoms. The summed E-state index contributed by atoms with van der Waals surface area (Å²) in [6.07, 6.45) is 0.956. The lowest BCUT2D eigenvalue weighted by atomic mass is 9.85. The number of rotatable bonds is 7. The molecular weight excluding hydrogens is 706 g/mol. The molecule has 0 radical (unpaired) electrons. The third-order valence-corrected chi connectivity index (χ3v) is 11.6. The van der Waals surface area contributed by atoms with Crippen molar-refractivity contribution in [2.45, 2.75) is 88.2 Å². The zero-order valence-electron chi connectivity index (χ0n) is 28.7. The largest absolute Gasteiger partial charge is 0.496 e. The Balaban J connectivity index is 1.25. The summed E-state index contributed by atoms with van der Waals surface area (Å²) in [5.74, 6) is -3.25. The van der Waals surface area contributed by atoms with E-state index in [9.17, 15) is 31.6 Å². The van der Waals surface area contributed by atoms with Crippen LogP contribution in [-0.2, 0) is 30.8 Å². The van der Waals surface area contributed by atoms with Gasteiger partial charge in [-0.05, 0) is 48.1 Å². The van der Waals surface area contributed by atoms with Crippen LogP contribution >= 0.6 is 0 Å². The van der Waals surface area contributed by atoms with Gasteiger partial charge in [-0.3, -0.25) is 19.1 Å². The van der Waals surface area contributed by atoms with Crippen LogP contribution in [0.5, 0.6) is 5.75 Å². The van der Waals surface area contributed by atoms with Crippen molar-refractivity contribution in [1.82, 2.24) is 45.3 Å². The number of nitrogens with one attached hydrogen (secondary N) is 3. The van der Waals surface area contributed by atoms with E-state index in [4.69, 9.17) is 9.15 Å². The van der Waals surface area contributed by atoms with Crippen molar-refractivity contribution in [2.24, 2.45) is 11.3 Å². The number of tetrazole rings is 1. The van der Waals surface area contributed by atoms with Crippen LogP contribution in [-0.4, -0.2) is 104 Å². The van der Waals surface area contributed by atoms with Crippen molar-refractivity contribution in [3.8, 4) is 17.1 Å². The number of methoxy groups -OCH3 is 1. The minimum absolute atomic E-state index is 0.0399. The molecule has 0 unspecified atom stereocenters. The summed E-state index contributed by atoms with van der Waals surface area (Å²) in [5, 5.41) is 25.8. The number of carbonyl (C=O) groups excluding carboxylic acids is 3. The fourth-order valence-electron chi connectivity index (χ4n) is 6.63. The molecule has 52 heavy (non-hydrogen) atoms. The molecule has 20 heteroatoms. The van der Waals surface area contributed by atoms with Gasteiger partial charge in [0.1, 0.15) is 23.4 Å². The molecule has 7 rings (SSSR count). The van der Waals surface area contributed by atoms with E-state index in [-0.39, 0.29) is 37.1 Å². The number of aromatic nitrogens is 6. The molecule has 4 heterocycles. The molecule has 278 valence electrons. The summed E-state index contributed by atoms with van der Waals surface area (Å²) in [5.41, 5.74) is -1.67. The minimum Gasteiger partial charge on any atom is -0.496 e. The van der Waals surface area contributed by atoms with Gasteiger partial charge in [-0.2, -0.15) is 4.80 Å². The van der Waals surface area contributed by atoms with E-state index in [1.807, 2.05) is 10.8 Å². The Morgan fingerprint density at radius 1 is 1.17 bits per heavy atom. The number of carbonyl (C=O) groups is 3. The Hall–Kier alpha value is -5.01. The van der Waals surface area contributed by atoms with E-state index < -0.39 is 80.8 Å². The van der Waals surface area contributed by atoms with Crippen LogP contribution in [0, 0.1) is 11.3 Å². The van der Waals surface area contributed by atoms with Crippen LogP contribution in [0.3, 0.4) is 0 Å². The smallest absolute Gasteiger partial charge is 0.316 e. The van der Waals surface area contributed by atoms with Gasteiger partial charge < -0.3 is 24.7 Å². The highest BCUT2D eigenvalue weighted by atomic mass is 32.2. The molecule has 3 fully saturated rings. The summed E-state index contributed by atoms with van der Waals surface area (Å²) in [4.78, 5) is 44.5. The Bertz CT molecular complexity index is 2040. The van der Waals surface area contributed by atoms with Crippen molar-refractivity contribution < 1.29 is 40.7 Å². The molecular formula is C32H38F2N10O7S. The predicted molar refractivity (Wildman–Crippen MR) is 178 cm³/mol. The molecule has 17 nitrogen and oxygen atoms in total. The Labute approximate surface area is 297 Å². The molecule has 3 amide bonds. The molecule has 2 aromatic heterocycles. The number of hydrogen-bond acceptors (Lipinski definition) is 13. The average molecular weight is 745 g/mol. The molecule has 0 spiro atoms. The second-order valence-corrected chi connectivity index (χ2v) is 16.6. The standard InChI is InChI=1S/C32H38F2N10O7S/c1-31(2,3)24-28(46)43-15-18(13-21(43)27(45)36-32(14-20(32)25(33)34)29(47)41-52(48,49)19-9-10-19)44-40-26(38-42-44)17-8-11-22(50-4)16(12-17)6-5-7-23-37-39-30(35-24)51-23/h5-6,8,11-12,18-21,24-25H,7,9-10,13-15H2,1-4H3,(H,35,39)(H,36,45)(H,41,47)/b6-5+/t18-,20+,21+,24-,32-/m1/s1. The number of sulfonamides is 1. The van der Waals surface area contributed by atoms with E-state index >= 15 is 0 Å². The molecule has 2 aliphatic heterocycles. The number of anilines is 1. The third-order valence-electron chi connectivity index (χ3n) is 9.81. The Kier molecular flexibility index (Phi) is 8.77. The summed E-state index contributed by atoms with van der Waals surface area (Å²) in [6, 6.07) is 2.21. The lowest BCUT2D eigenvalue weighted by molar-refractivity contribution is -0.141. The van der Waals surface area contributed by atoms with Gasteiger partial charge in [0.05, 0.1) is 24.3 Å². The first kappa shape index (κ1) is 35.4. The summed E-state index contributed by atoms with van der Waals surface area (Å²) < 4.78 is 66.6. The van der Waals surface area contributed by atoms with Gasteiger partial charge >= 0.3 is 6.01 Å². The lowest BCUT2D eigenvalue weighted by Crippen LogP contribution is -2.59. The van der Waals surface area contributed by atoms with Crippen LogP contribution in [0.15, 0.2) is 28.7 Å². The van der Waals surface area contributed by atoms with Crippen molar-refractivity contribution in [1.29, 1.82) is 0 Å². The third kappa shape index (κ3) is 6.70. The molecule has 1 saturated heterocycles. The van der Waals surface area contributed by atoms with Crippen LogP contribution in [0.4, 0.5) is 14.8 Å². The van der Waals surface area contributed by atoms with Gasteiger partial charge in [0, 0.05) is 30.5 Å². The molecule has 1 aromatic carbocycles. The quantitative estimate of drug-likeness (QED) is 0.315. The monoisotopic (exact) mass is 744 g/mol. The second-order valence-electron chi connectivity index (χ2n) is 14.6. The van der Waals surface area contributed by atoms with Gasteiger partial charge in [0.25, 0.3) is 5.91 Å². The fraction of sp³-hybridized carbons (Fsp3) is 0.562. The number of amides is 3. The van der Waals surface area contributed by atoms with Crippen LogP contribution in [0.1, 0.15) is 64.0 Å². The van der Waals surface area contributed by atoms with Crippen molar-refractivity contribution in [2.75, 3.05) is 19.0 Å². The highest BCUT2D eigenvalue weighted by Gasteiger charge is 2.66. The van der Waals surface area contributed by atoms with E-state index in [1.165, 1.54) is 9.70 Å². The molecule has 5 atom stereocenters. The lowest BCUT2D eigenvalue weighted by Gasteiger charge is -2.35. The summed E-state index contributed by atoms with van der Waals surface area (Å²) in [6.45, 7) is 5.28. The first-order valence-electron chi connectivity index (χ1n) is 16.8. The first-order valence-corrected chi connectivity index (χ1v) is 18.3. The average Bonchev–Trinajstić information content (AvgIpc) is 3.89. The van der Waals surface area contributed by atoms with Crippen LogP contribution < -0.4 is 20.1 Å². The number of alkyl halides is 2. The maximum absolute atomic E-state index is 14.5. The van der Waals surface area contributed by atoms with Crippen molar-refractivity contribution >= 4 is 39.8 Å². The molecule has 3 N–H and O–H groups in total. The number of ether oxygens (including phenoxy) is 1. The van der Waals surface area contributed by atoms with Gasteiger partial charge in [-0.15, -0.1) is 15.3 Å². The van der Waals surface area contributed by atoms with Gasteiger partial charge in [-0.25, -0.2) is 17.2 Å². The number of benzene rings is 1. The van der Waals surface area contributed by atoms with Gasteiger partial charge in [-0.1, -0.05) is 38.0 Å². The molecule has 2 aliphatic carbocycles. The highest BCUT2D eigenvalue weighted by Crippen LogP contribution is 2.48. The number of fused-ring (bicyclic) bond motifs is 10. The Morgan fingerprint density at radius 3 is 2.62 bits per heavy atom. The van der Waals surface area contributed by atoms with Crippen molar-refractivity contribution in [3.63, 3.8) is 0 Å². The van der Waals surface area contributed by atoms with Gasteiger partial charge in [0.2, 0.25) is 40.0 Å². The highest BCUT2D eigenvalue weighted by molar-refractivity contribution is 7.91. The number of halogens is 2.